The first-order valence-corrected chi connectivity index (χ1v) is 8.17. The second-order valence-corrected chi connectivity index (χ2v) is 6.31. The van der Waals surface area contributed by atoms with Gasteiger partial charge in [0.15, 0.2) is 0 Å². The number of benzene rings is 1. The summed E-state index contributed by atoms with van der Waals surface area (Å²) >= 11 is 12.0. The van der Waals surface area contributed by atoms with Gasteiger partial charge in [-0.1, -0.05) is 30.9 Å². The van der Waals surface area contributed by atoms with Crippen molar-refractivity contribution in [3.8, 4) is 0 Å². The van der Waals surface area contributed by atoms with Gasteiger partial charge in [0.05, 0.1) is 0 Å². The molecule has 1 aliphatic rings. The van der Waals surface area contributed by atoms with Gasteiger partial charge < -0.3 is 4.90 Å². The van der Waals surface area contributed by atoms with Crippen LogP contribution in [-0.2, 0) is 0 Å². The second kappa shape index (κ2) is 7.33. The molecule has 0 heterocycles. The Morgan fingerprint density at radius 3 is 2.55 bits per heavy atom. The number of nitrogens with zero attached hydrogens (tertiary/aromatic N) is 1. The van der Waals surface area contributed by atoms with E-state index in [1.54, 1.807) is 6.07 Å². The van der Waals surface area contributed by atoms with Crippen LogP contribution in [0.4, 0.5) is 0 Å². The number of hydrogen-bond acceptors (Lipinski definition) is 1. The Hall–Kier alpha value is -0.730. The number of halogens is 2. The predicted octanol–water partition coefficient (Wildman–Crippen LogP) is 4.66. The molecule has 1 saturated carbocycles. The van der Waals surface area contributed by atoms with Crippen LogP contribution in [0.5, 0.6) is 0 Å². The lowest BCUT2D eigenvalue weighted by Gasteiger charge is -2.34. The Morgan fingerprint density at radius 1 is 1.25 bits per heavy atom. The minimum atomic E-state index is 0.0585. The molecule has 0 unspecified atom stereocenters. The van der Waals surface area contributed by atoms with Crippen molar-refractivity contribution in [3.63, 3.8) is 0 Å². The second-order valence-electron chi connectivity index (χ2n) is 5.50. The maximum Gasteiger partial charge on any atom is 0.254 e. The average molecular weight is 314 g/mol. The van der Waals surface area contributed by atoms with E-state index in [1.165, 1.54) is 19.3 Å². The Bertz CT molecular complexity index is 449. The molecular weight excluding hydrogens is 293 g/mol. The van der Waals surface area contributed by atoms with Gasteiger partial charge in [0.25, 0.3) is 5.91 Å². The number of carbonyl (C=O) groups excluding carboxylic acids is 1. The SMILES string of the molecule is Cc1cc(Cl)cc(C(=O)N(CCCl)C2CCCCC2)c1. The molecule has 1 aromatic rings. The Labute approximate surface area is 131 Å². The van der Waals surface area contributed by atoms with E-state index in [4.69, 9.17) is 23.2 Å². The summed E-state index contributed by atoms with van der Waals surface area (Å²) in [5.41, 5.74) is 1.68. The van der Waals surface area contributed by atoms with Crippen LogP contribution in [0.15, 0.2) is 18.2 Å². The highest BCUT2D eigenvalue weighted by Gasteiger charge is 2.26. The van der Waals surface area contributed by atoms with Gasteiger partial charge in [0.1, 0.15) is 0 Å². The highest BCUT2D eigenvalue weighted by atomic mass is 35.5. The highest BCUT2D eigenvalue weighted by Crippen LogP contribution is 2.25. The summed E-state index contributed by atoms with van der Waals surface area (Å²) in [6, 6.07) is 5.85. The first kappa shape index (κ1) is 15.7. The zero-order valence-corrected chi connectivity index (χ0v) is 13.4. The molecular formula is C16H21Cl2NO. The maximum absolute atomic E-state index is 12.7. The molecule has 2 nitrogen and oxygen atoms in total. The van der Waals surface area contributed by atoms with Gasteiger partial charge in [-0.2, -0.15) is 0 Å². The fourth-order valence-corrected chi connectivity index (χ4v) is 3.43. The minimum Gasteiger partial charge on any atom is -0.334 e. The van der Waals surface area contributed by atoms with E-state index in [-0.39, 0.29) is 5.91 Å². The molecule has 1 aromatic carbocycles. The molecule has 1 fully saturated rings. The summed E-state index contributed by atoms with van der Waals surface area (Å²) in [6.07, 6.45) is 5.84. The third-order valence-electron chi connectivity index (χ3n) is 3.89. The van der Waals surface area contributed by atoms with E-state index in [9.17, 15) is 4.79 Å². The van der Waals surface area contributed by atoms with Crippen molar-refractivity contribution < 1.29 is 4.79 Å². The van der Waals surface area contributed by atoms with Crippen molar-refractivity contribution in [3.05, 3.63) is 34.3 Å². The number of rotatable bonds is 4. The molecule has 0 saturated heterocycles. The van der Waals surface area contributed by atoms with Gasteiger partial charge >= 0.3 is 0 Å². The van der Waals surface area contributed by atoms with E-state index in [0.717, 1.165) is 18.4 Å². The van der Waals surface area contributed by atoms with E-state index in [0.29, 0.717) is 29.1 Å². The zero-order valence-electron chi connectivity index (χ0n) is 11.9. The van der Waals surface area contributed by atoms with E-state index >= 15 is 0 Å². The standard InChI is InChI=1S/C16H21Cl2NO/c1-12-9-13(11-14(18)10-12)16(20)19(8-7-17)15-5-3-2-4-6-15/h9-11,15H,2-8H2,1H3. The lowest BCUT2D eigenvalue weighted by molar-refractivity contribution is 0.0649. The topological polar surface area (TPSA) is 20.3 Å². The largest absolute Gasteiger partial charge is 0.334 e. The predicted molar refractivity (Wildman–Crippen MR) is 84.8 cm³/mol. The fraction of sp³-hybridized carbons (Fsp3) is 0.562. The highest BCUT2D eigenvalue weighted by molar-refractivity contribution is 6.31. The van der Waals surface area contributed by atoms with Crippen LogP contribution in [0.25, 0.3) is 0 Å². The van der Waals surface area contributed by atoms with Crippen LogP contribution in [0, 0.1) is 6.92 Å². The molecule has 0 aliphatic heterocycles. The third-order valence-corrected chi connectivity index (χ3v) is 4.28. The number of alkyl halides is 1. The van der Waals surface area contributed by atoms with Crippen molar-refractivity contribution in [1.29, 1.82) is 0 Å². The molecule has 0 N–H and O–H groups in total. The smallest absolute Gasteiger partial charge is 0.254 e. The summed E-state index contributed by atoms with van der Waals surface area (Å²) in [5, 5.41) is 0.614. The monoisotopic (exact) mass is 313 g/mol. The Morgan fingerprint density at radius 2 is 1.95 bits per heavy atom. The van der Waals surface area contributed by atoms with Gasteiger partial charge in [0.2, 0.25) is 0 Å². The molecule has 0 spiro atoms. The number of carbonyl (C=O) groups is 1. The quantitative estimate of drug-likeness (QED) is 0.740. The van der Waals surface area contributed by atoms with Gasteiger partial charge in [-0.15, -0.1) is 11.6 Å². The molecule has 110 valence electrons. The van der Waals surface area contributed by atoms with Gasteiger partial charge in [-0.25, -0.2) is 0 Å². The van der Waals surface area contributed by atoms with Crippen LogP contribution < -0.4 is 0 Å². The molecule has 1 amide bonds. The normalized spacial score (nSPS) is 16.1. The minimum absolute atomic E-state index is 0.0585. The van der Waals surface area contributed by atoms with Crippen LogP contribution in [0.3, 0.4) is 0 Å². The molecule has 0 atom stereocenters. The van der Waals surface area contributed by atoms with Crippen LogP contribution >= 0.6 is 23.2 Å². The Balaban J connectivity index is 2.20. The zero-order chi connectivity index (χ0) is 14.5. The van der Waals surface area contributed by atoms with Crippen LogP contribution in [0.2, 0.25) is 5.02 Å². The molecule has 0 bridgehead atoms. The van der Waals surface area contributed by atoms with Crippen molar-refractivity contribution >= 4 is 29.1 Å². The number of amides is 1. The third kappa shape index (κ3) is 3.89. The Kier molecular flexibility index (Phi) is 5.74. The van der Waals surface area contributed by atoms with E-state index in [1.807, 2.05) is 24.0 Å². The van der Waals surface area contributed by atoms with E-state index < -0.39 is 0 Å². The van der Waals surface area contributed by atoms with Crippen molar-refractivity contribution in [2.24, 2.45) is 0 Å². The summed E-state index contributed by atoms with van der Waals surface area (Å²) in [5.74, 6) is 0.532. The van der Waals surface area contributed by atoms with E-state index in [2.05, 4.69) is 0 Å². The number of hydrogen-bond donors (Lipinski definition) is 0. The summed E-state index contributed by atoms with van der Waals surface area (Å²) in [7, 11) is 0. The van der Waals surface area contributed by atoms with Crippen molar-refractivity contribution in [2.75, 3.05) is 12.4 Å². The number of aryl methyl sites for hydroxylation is 1. The summed E-state index contributed by atoms with van der Waals surface area (Å²) in [6.45, 7) is 2.56. The molecule has 0 radical (unpaired) electrons. The van der Waals surface area contributed by atoms with Crippen LogP contribution in [0.1, 0.15) is 48.0 Å². The van der Waals surface area contributed by atoms with Gasteiger partial charge in [-0.3, -0.25) is 4.79 Å². The fourth-order valence-electron chi connectivity index (χ4n) is 2.96. The van der Waals surface area contributed by atoms with Gasteiger partial charge in [0, 0.05) is 29.1 Å². The molecule has 2 rings (SSSR count). The average Bonchev–Trinajstić information content (AvgIpc) is 2.44. The molecule has 4 heteroatoms. The molecule has 1 aliphatic carbocycles. The first-order valence-electron chi connectivity index (χ1n) is 7.26. The lowest BCUT2D eigenvalue weighted by Crippen LogP contribution is -2.42. The maximum atomic E-state index is 12.7. The van der Waals surface area contributed by atoms with Crippen molar-refractivity contribution in [2.45, 2.75) is 45.1 Å². The van der Waals surface area contributed by atoms with Crippen LogP contribution in [-0.4, -0.2) is 29.3 Å². The first-order chi connectivity index (χ1) is 9.61. The van der Waals surface area contributed by atoms with Crippen molar-refractivity contribution in [1.82, 2.24) is 4.90 Å². The molecule has 20 heavy (non-hydrogen) atoms. The lowest BCUT2D eigenvalue weighted by atomic mass is 9.93. The summed E-state index contributed by atoms with van der Waals surface area (Å²) < 4.78 is 0. The molecule has 0 aromatic heterocycles. The summed E-state index contributed by atoms with van der Waals surface area (Å²) in [4.78, 5) is 14.7. The van der Waals surface area contributed by atoms with Gasteiger partial charge in [-0.05, 0) is 43.5 Å².